The number of ether oxygens (including phenoxy) is 2. The average Bonchev–Trinajstić information content (AvgIpc) is 3.18. The highest BCUT2D eigenvalue weighted by Gasteiger charge is 2.29. The summed E-state index contributed by atoms with van der Waals surface area (Å²) in [5.74, 6) is 1.45. The third-order valence-electron chi connectivity index (χ3n) is 5.03. The number of hydrogen-bond donors (Lipinski definition) is 2. The number of rotatable bonds is 9. The molecule has 1 saturated heterocycles. The number of aryl methyl sites for hydroxylation is 2. The molecule has 0 saturated carbocycles. The van der Waals surface area contributed by atoms with Crippen molar-refractivity contribution in [2.24, 2.45) is 0 Å². The van der Waals surface area contributed by atoms with Gasteiger partial charge in [-0.15, -0.1) is 0 Å². The van der Waals surface area contributed by atoms with Crippen molar-refractivity contribution in [3.05, 3.63) is 34.6 Å². The van der Waals surface area contributed by atoms with Crippen molar-refractivity contribution in [2.75, 3.05) is 38.8 Å². The lowest BCUT2D eigenvalue weighted by Gasteiger charge is -2.23. The number of nitrogens with zero attached hydrogens (tertiary/aromatic N) is 2. The normalized spacial score (nSPS) is 18.8. The van der Waals surface area contributed by atoms with Crippen LogP contribution in [0.3, 0.4) is 0 Å². The maximum Gasteiger partial charge on any atom is 0.148 e. The van der Waals surface area contributed by atoms with Crippen LogP contribution in [0.25, 0.3) is 11.3 Å². The molecule has 0 spiro atoms. The minimum absolute atomic E-state index is 0.0151. The summed E-state index contributed by atoms with van der Waals surface area (Å²) >= 11 is 6.49. The maximum absolute atomic E-state index is 12.5. The molecule has 0 radical (unpaired) electrons. The van der Waals surface area contributed by atoms with E-state index in [1.165, 1.54) is 0 Å². The first-order valence-electron chi connectivity index (χ1n) is 9.99. The van der Waals surface area contributed by atoms with Crippen LogP contribution in [0.2, 0.25) is 5.02 Å². The topological polar surface area (TPSA) is 68.3 Å². The first-order chi connectivity index (χ1) is 14.1. The Balaban J connectivity index is 1.92. The summed E-state index contributed by atoms with van der Waals surface area (Å²) in [6.45, 7) is 5.13. The predicted molar refractivity (Wildman–Crippen MR) is 114 cm³/mol. The summed E-state index contributed by atoms with van der Waals surface area (Å²) in [5.41, 5.74) is 3.35. The van der Waals surface area contributed by atoms with Gasteiger partial charge in [0.15, 0.2) is 0 Å². The first-order valence-corrected chi connectivity index (χ1v) is 10.4. The lowest BCUT2D eigenvalue weighted by molar-refractivity contribution is 0.0515. The van der Waals surface area contributed by atoms with Crippen LogP contribution >= 0.6 is 11.6 Å². The van der Waals surface area contributed by atoms with Gasteiger partial charge in [-0.3, -0.25) is 0 Å². The minimum Gasteiger partial charge on any atom is -0.497 e. The number of benzene rings is 1. The lowest BCUT2D eigenvalue weighted by Crippen LogP contribution is -2.35. The molecule has 6 nitrogen and oxygen atoms in total. The summed E-state index contributed by atoms with van der Waals surface area (Å²) in [7, 11) is 1.61. The van der Waals surface area contributed by atoms with E-state index in [0.29, 0.717) is 23.7 Å². The molecule has 2 heterocycles. The standard InChI is InChI=1S/C21H28ClFN4O2/c1-4-16-20(14-7-6-13(28-3)10-15(14)22)25-17(5-2)21(26-16)27-18-11-24-12-19(18)29-9-8-23/h6-7,10,18-19,24H,4-5,8-9,11-12H2,1-3H3,(H,26,27). The Morgan fingerprint density at radius 2 is 2.00 bits per heavy atom. The van der Waals surface area contributed by atoms with Gasteiger partial charge in [-0.1, -0.05) is 25.4 Å². The van der Waals surface area contributed by atoms with Crippen LogP contribution in [0.1, 0.15) is 25.2 Å². The molecule has 158 valence electrons. The fourth-order valence-electron chi connectivity index (χ4n) is 3.49. The quantitative estimate of drug-likeness (QED) is 0.642. The number of alkyl halides is 1. The Bertz CT molecular complexity index is 837. The van der Waals surface area contributed by atoms with Gasteiger partial charge in [0.1, 0.15) is 18.2 Å². The Labute approximate surface area is 176 Å². The summed E-state index contributed by atoms with van der Waals surface area (Å²) in [6.07, 6.45) is 1.34. The largest absolute Gasteiger partial charge is 0.497 e. The van der Waals surface area contributed by atoms with Crippen molar-refractivity contribution in [1.82, 2.24) is 15.3 Å². The van der Waals surface area contributed by atoms with Gasteiger partial charge in [0.05, 0.1) is 48.0 Å². The molecule has 2 aromatic rings. The number of aromatic nitrogens is 2. The van der Waals surface area contributed by atoms with Gasteiger partial charge in [-0.05, 0) is 31.0 Å². The molecule has 2 N–H and O–H groups in total. The Morgan fingerprint density at radius 1 is 1.21 bits per heavy atom. The van der Waals surface area contributed by atoms with Crippen LogP contribution < -0.4 is 15.4 Å². The van der Waals surface area contributed by atoms with Crippen molar-refractivity contribution in [1.29, 1.82) is 0 Å². The maximum atomic E-state index is 12.5. The molecular weight excluding hydrogens is 395 g/mol. The number of hydrogen-bond acceptors (Lipinski definition) is 6. The number of methoxy groups -OCH3 is 1. The summed E-state index contributed by atoms with van der Waals surface area (Å²) in [4.78, 5) is 9.79. The predicted octanol–water partition coefficient (Wildman–Crippen LogP) is 3.67. The van der Waals surface area contributed by atoms with Gasteiger partial charge in [0.2, 0.25) is 0 Å². The van der Waals surface area contributed by atoms with E-state index in [0.717, 1.165) is 41.4 Å². The minimum atomic E-state index is -0.486. The van der Waals surface area contributed by atoms with E-state index in [1.54, 1.807) is 13.2 Å². The molecular formula is C21H28ClFN4O2. The molecule has 1 fully saturated rings. The highest BCUT2D eigenvalue weighted by atomic mass is 35.5. The van der Waals surface area contributed by atoms with Crippen LogP contribution in [0, 0.1) is 0 Å². The fourth-order valence-corrected chi connectivity index (χ4v) is 3.75. The monoisotopic (exact) mass is 422 g/mol. The molecule has 8 heteroatoms. The molecule has 0 bridgehead atoms. The Kier molecular flexibility index (Phi) is 7.64. The van der Waals surface area contributed by atoms with Gasteiger partial charge in [-0.2, -0.15) is 0 Å². The molecule has 2 unspecified atom stereocenters. The molecule has 29 heavy (non-hydrogen) atoms. The van der Waals surface area contributed by atoms with E-state index in [4.69, 9.17) is 31.0 Å². The average molecular weight is 423 g/mol. The second-order valence-electron chi connectivity index (χ2n) is 6.87. The SMILES string of the molecule is CCc1nc(-c2ccc(OC)cc2Cl)c(CC)nc1NC1CNCC1OCCF. The van der Waals surface area contributed by atoms with Crippen molar-refractivity contribution in [2.45, 2.75) is 38.8 Å². The van der Waals surface area contributed by atoms with Crippen LogP contribution in [0.5, 0.6) is 5.75 Å². The molecule has 3 rings (SSSR count). The van der Waals surface area contributed by atoms with Crippen molar-refractivity contribution < 1.29 is 13.9 Å². The van der Waals surface area contributed by atoms with Crippen LogP contribution in [-0.2, 0) is 17.6 Å². The van der Waals surface area contributed by atoms with E-state index in [-0.39, 0.29) is 18.8 Å². The lowest BCUT2D eigenvalue weighted by atomic mass is 10.1. The van der Waals surface area contributed by atoms with Crippen LogP contribution in [0.15, 0.2) is 18.2 Å². The number of anilines is 1. The second-order valence-corrected chi connectivity index (χ2v) is 7.28. The van der Waals surface area contributed by atoms with Gasteiger partial charge < -0.3 is 20.1 Å². The van der Waals surface area contributed by atoms with Crippen molar-refractivity contribution in [3.8, 4) is 17.0 Å². The second kappa shape index (κ2) is 10.2. The summed E-state index contributed by atoms with van der Waals surface area (Å²) in [6, 6.07) is 5.59. The number of halogens is 2. The van der Waals surface area contributed by atoms with Crippen molar-refractivity contribution in [3.63, 3.8) is 0 Å². The summed E-state index contributed by atoms with van der Waals surface area (Å²) < 4.78 is 23.4. The first kappa shape index (κ1) is 21.7. The molecule has 1 aliphatic heterocycles. The van der Waals surface area contributed by atoms with E-state index < -0.39 is 6.67 Å². The van der Waals surface area contributed by atoms with Crippen LogP contribution in [0.4, 0.5) is 10.2 Å². The smallest absolute Gasteiger partial charge is 0.148 e. The van der Waals surface area contributed by atoms with Gasteiger partial charge in [-0.25, -0.2) is 14.4 Å². The van der Waals surface area contributed by atoms with Gasteiger partial charge in [0, 0.05) is 18.7 Å². The molecule has 2 atom stereocenters. The zero-order valence-electron chi connectivity index (χ0n) is 17.1. The molecule has 1 aliphatic rings. The van der Waals surface area contributed by atoms with E-state index >= 15 is 0 Å². The van der Waals surface area contributed by atoms with Gasteiger partial charge in [0.25, 0.3) is 0 Å². The summed E-state index contributed by atoms with van der Waals surface area (Å²) in [5, 5.41) is 7.33. The molecule has 1 aromatic heterocycles. The van der Waals surface area contributed by atoms with Gasteiger partial charge >= 0.3 is 0 Å². The molecule has 0 aliphatic carbocycles. The molecule has 0 amide bonds. The highest BCUT2D eigenvalue weighted by molar-refractivity contribution is 6.33. The highest BCUT2D eigenvalue weighted by Crippen LogP contribution is 2.33. The third kappa shape index (κ3) is 4.97. The Hall–Kier alpha value is -1.96. The van der Waals surface area contributed by atoms with Crippen LogP contribution in [-0.4, -0.2) is 55.6 Å². The number of nitrogens with one attached hydrogen (secondary N) is 2. The van der Waals surface area contributed by atoms with E-state index in [1.807, 2.05) is 26.0 Å². The van der Waals surface area contributed by atoms with Crippen molar-refractivity contribution >= 4 is 17.4 Å². The zero-order valence-corrected chi connectivity index (χ0v) is 17.9. The zero-order chi connectivity index (χ0) is 20.8. The fraction of sp³-hybridized carbons (Fsp3) is 0.524. The van der Waals surface area contributed by atoms with E-state index in [9.17, 15) is 4.39 Å². The molecule has 1 aromatic carbocycles. The van der Waals surface area contributed by atoms with E-state index in [2.05, 4.69) is 10.6 Å². The third-order valence-corrected chi connectivity index (χ3v) is 5.34. The Morgan fingerprint density at radius 3 is 2.66 bits per heavy atom.